The van der Waals surface area contributed by atoms with Crippen molar-refractivity contribution >= 4 is 17.2 Å². The Hall–Kier alpha value is -2.64. The normalized spacial score (nSPS) is 16.9. The van der Waals surface area contributed by atoms with Crippen molar-refractivity contribution in [2.24, 2.45) is 0 Å². The second-order valence-corrected chi connectivity index (χ2v) is 7.91. The number of aryl methyl sites for hydroxylation is 1. The third kappa shape index (κ3) is 3.95. The molecule has 1 aromatic carbocycles. The lowest BCUT2D eigenvalue weighted by Crippen LogP contribution is -2.48. The number of carbonyl (C=O) groups is 1. The van der Waals surface area contributed by atoms with E-state index >= 15 is 0 Å². The molecule has 4 rings (SSSR count). The minimum Gasteiger partial charge on any atom is -0.328 e. The Bertz CT molecular complexity index is 958. The fourth-order valence-electron chi connectivity index (χ4n) is 3.45. The van der Waals surface area contributed by atoms with E-state index < -0.39 is 0 Å². The number of nitrogens with one attached hydrogen (secondary N) is 1. The maximum Gasteiger partial charge on any atom is 0.266 e. The van der Waals surface area contributed by atoms with Crippen molar-refractivity contribution < 1.29 is 9.18 Å². The lowest BCUT2D eigenvalue weighted by Gasteiger charge is -2.36. The molecule has 5 nitrogen and oxygen atoms in total. The molecule has 144 valence electrons. The van der Waals surface area contributed by atoms with Crippen LogP contribution in [-0.2, 0) is 6.42 Å². The van der Waals surface area contributed by atoms with Gasteiger partial charge >= 0.3 is 0 Å². The quantitative estimate of drug-likeness (QED) is 0.735. The lowest BCUT2D eigenvalue weighted by molar-refractivity contribution is 0.0638. The molecule has 3 heterocycles. The zero-order chi connectivity index (χ0) is 19.5. The molecule has 1 atom stereocenters. The van der Waals surface area contributed by atoms with Gasteiger partial charge in [0.1, 0.15) is 10.7 Å². The van der Waals surface area contributed by atoms with Crippen molar-refractivity contribution in [2.75, 3.05) is 19.6 Å². The van der Waals surface area contributed by atoms with Gasteiger partial charge in [0.15, 0.2) is 0 Å². The predicted molar refractivity (Wildman–Crippen MR) is 107 cm³/mol. The number of pyridine rings is 1. The van der Waals surface area contributed by atoms with Crippen LogP contribution in [0.1, 0.15) is 37.5 Å². The number of hydrogen-bond donors (Lipinski definition) is 1. The van der Waals surface area contributed by atoms with Crippen LogP contribution in [0.3, 0.4) is 0 Å². The molecule has 1 N–H and O–H groups in total. The number of benzene rings is 1. The minimum atomic E-state index is -0.255. The van der Waals surface area contributed by atoms with Gasteiger partial charge in [-0.15, -0.1) is 11.3 Å². The summed E-state index contributed by atoms with van der Waals surface area (Å²) in [5.41, 5.74) is 2.75. The summed E-state index contributed by atoms with van der Waals surface area (Å²) in [6.07, 6.45) is 4.14. The average Bonchev–Trinajstić information content (AvgIpc) is 3.10. The van der Waals surface area contributed by atoms with Gasteiger partial charge in [0, 0.05) is 38.4 Å². The van der Waals surface area contributed by atoms with E-state index in [1.807, 2.05) is 30.2 Å². The molecule has 0 aliphatic carbocycles. The van der Waals surface area contributed by atoms with Crippen LogP contribution in [0.5, 0.6) is 0 Å². The summed E-state index contributed by atoms with van der Waals surface area (Å²) in [6, 6.07) is 10.2. The average molecular weight is 396 g/mol. The fraction of sp³-hybridized carbons (Fsp3) is 0.286. The molecule has 3 aromatic rings. The number of amides is 1. The van der Waals surface area contributed by atoms with Crippen LogP contribution < -0.4 is 5.32 Å². The van der Waals surface area contributed by atoms with Gasteiger partial charge < -0.3 is 10.2 Å². The van der Waals surface area contributed by atoms with Crippen LogP contribution in [0.15, 0.2) is 48.8 Å². The second-order valence-electron chi connectivity index (χ2n) is 6.83. The number of carbonyl (C=O) groups excluding carboxylic acids is 1. The first kappa shape index (κ1) is 18.7. The summed E-state index contributed by atoms with van der Waals surface area (Å²) >= 11 is 1.43. The summed E-state index contributed by atoms with van der Waals surface area (Å²) in [5.74, 6) is -0.245. The highest BCUT2D eigenvalue weighted by Gasteiger charge is 2.31. The van der Waals surface area contributed by atoms with E-state index in [4.69, 9.17) is 0 Å². The Labute approximate surface area is 167 Å². The molecule has 1 unspecified atom stereocenters. The number of nitrogens with zero attached hydrogens (tertiary/aromatic N) is 3. The summed E-state index contributed by atoms with van der Waals surface area (Å²) < 4.78 is 13.1. The number of halogens is 1. The molecular weight excluding hydrogens is 375 g/mol. The van der Waals surface area contributed by atoms with Crippen molar-refractivity contribution in [3.63, 3.8) is 0 Å². The molecule has 0 saturated carbocycles. The summed E-state index contributed by atoms with van der Waals surface area (Å²) in [5, 5.41) is 4.22. The molecule has 1 fully saturated rings. The van der Waals surface area contributed by atoms with Gasteiger partial charge in [0.25, 0.3) is 5.91 Å². The van der Waals surface area contributed by atoms with Gasteiger partial charge in [-0.2, -0.15) is 0 Å². The van der Waals surface area contributed by atoms with E-state index in [9.17, 15) is 9.18 Å². The van der Waals surface area contributed by atoms with Crippen molar-refractivity contribution in [3.8, 4) is 0 Å². The molecule has 28 heavy (non-hydrogen) atoms. The Morgan fingerprint density at radius 3 is 2.89 bits per heavy atom. The first-order valence-electron chi connectivity index (χ1n) is 9.24. The molecule has 1 amide bonds. The van der Waals surface area contributed by atoms with Crippen LogP contribution >= 0.6 is 11.3 Å². The monoisotopic (exact) mass is 396 g/mol. The Morgan fingerprint density at radius 1 is 1.32 bits per heavy atom. The minimum absolute atomic E-state index is 0.00992. The van der Waals surface area contributed by atoms with E-state index in [0.29, 0.717) is 24.4 Å². The van der Waals surface area contributed by atoms with Crippen LogP contribution in [0.4, 0.5) is 4.39 Å². The van der Waals surface area contributed by atoms with Crippen molar-refractivity contribution in [2.45, 2.75) is 19.4 Å². The highest BCUT2D eigenvalue weighted by atomic mass is 32.1. The molecule has 0 spiro atoms. The molecule has 7 heteroatoms. The molecular formula is C21H21FN4OS. The zero-order valence-corrected chi connectivity index (χ0v) is 16.4. The van der Waals surface area contributed by atoms with Crippen LogP contribution in [0.2, 0.25) is 0 Å². The van der Waals surface area contributed by atoms with E-state index in [1.165, 1.54) is 23.5 Å². The third-order valence-corrected chi connectivity index (χ3v) is 6.02. The smallest absolute Gasteiger partial charge is 0.266 e. The fourth-order valence-corrected chi connectivity index (χ4v) is 4.51. The highest BCUT2D eigenvalue weighted by molar-refractivity contribution is 7.13. The summed E-state index contributed by atoms with van der Waals surface area (Å²) in [4.78, 5) is 24.7. The van der Waals surface area contributed by atoms with E-state index in [-0.39, 0.29) is 17.8 Å². The van der Waals surface area contributed by atoms with Gasteiger partial charge in [-0.25, -0.2) is 9.37 Å². The van der Waals surface area contributed by atoms with Gasteiger partial charge in [-0.05, 0) is 36.2 Å². The molecule has 0 radical (unpaired) electrons. The molecule has 1 saturated heterocycles. The Morgan fingerprint density at radius 2 is 2.14 bits per heavy atom. The first-order valence-corrected chi connectivity index (χ1v) is 10.1. The van der Waals surface area contributed by atoms with Gasteiger partial charge in [-0.3, -0.25) is 9.78 Å². The number of aromatic nitrogens is 2. The van der Waals surface area contributed by atoms with Crippen LogP contribution in [-0.4, -0.2) is 40.4 Å². The topological polar surface area (TPSA) is 58.1 Å². The zero-order valence-electron chi connectivity index (χ0n) is 15.6. The molecule has 1 aliphatic rings. The highest BCUT2D eigenvalue weighted by Crippen LogP contribution is 2.28. The third-order valence-electron chi connectivity index (χ3n) is 4.88. The van der Waals surface area contributed by atoms with Gasteiger partial charge in [0.2, 0.25) is 0 Å². The second kappa shape index (κ2) is 8.16. The molecule has 1 aliphatic heterocycles. The van der Waals surface area contributed by atoms with Crippen molar-refractivity contribution in [1.82, 2.24) is 20.2 Å². The Kier molecular flexibility index (Phi) is 5.45. The lowest BCUT2D eigenvalue weighted by atomic mass is 10.0. The van der Waals surface area contributed by atoms with Gasteiger partial charge in [-0.1, -0.05) is 18.2 Å². The van der Waals surface area contributed by atoms with Crippen molar-refractivity contribution in [3.05, 3.63) is 81.3 Å². The number of hydrogen-bond acceptors (Lipinski definition) is 5. The first-order chi connectivity index (χ1) is 13.6. The number of rotatable bonds is 4. The maximum absolute atomic E-state index is 13.3. The number of piperazine rings is 1. The SMILES string of the molecule is Cc1nc(Cc2ccc(F)cc2)sc1C(=O)N1CCNCC1c1cccnc1. The summed E-state index contributed by atoms with van der Waals surface area (Å²) in [7, 11) is 0. The number of thiazole rings is 1. The predicted octanol–water partition coefficient (Wildman–Crippen LogP) is 3.36. The molecule has 2 aromatic heterocycles. The van der Waals surface area contributed by atoms with E-state index in [1.54, 1.807) is 18.3 Å². The maximum atomic E-state index is 13.3. The van der Waals surface area contributed by atoms with Gasteiger partial charge in [0.05, 0.1) is 16.7 Å². The van der Waals surface area contributed by atoms with Crippen LogP contribution in [0, 0.1) is 12.7 Å². The van der Waals surface area contributed by atoms with Crippen LogP contribution in [0.25, 0.3) is 0 Å². The molecule has 0 bridgehead atoms. The van der Waals surface area contributed by atoms with E-state index in [2.05, 4.69) is 15.3 Å². The largest absolute Gasteiger partial charge is 0.328 e. The van der Waals surface area contributed by atoms with Crippen molar-refractivity contribution in [1.29, 1.82) is 0 Å². The standard InChI is InChI=1S/C21H21FN4OS/c1-14-20(28-19(25-14)11-15-4-6-17(22)7-5-15)21(27)26-10-9-24-13-18(26)16-3-2-8-23-12-16/h2-8,12,18,24H,9-11,13H2,1H3. The Balaban J connectivity index is 1.56. The van der Waals surface area contributed by atoms with E-state index in [0.717, 1.165) is 28.4 Å². The summed E-state index contributed by atoms with van der Waals surface area (Å²) in [6.45, 7) is 3.99.